The molecule has 3 N–H and O–H groups in total. The first-order valence-electron chi connectivity index (χ1n) is 8.61. The Kier molecular flexibility index (Phi) is 7.21. The van der Waals surface area contributed by atoms with E-state index in [2.05, 4.69) is 5.32 Å². The number of rotatable bonds is 6. The molecule has 0 bridgehead atoms. The van der Waals surface area contributed by atoms with Crippen molar-refractivity contribution in [3.63, 3.8) is 0 Å². The summed E-state index contributed by atoms with van der Waals surface area (Å²) in [4.78, 5) is 26.4. The lowest BCUT2D eigenvalue weighted by Gasteiger charge is -2.18. The number of ether oxygens (including phenoxy) is 1. The van der Waals surface area contributed by atoms with Gasteiger partial charge < -0.3 is 20.7 Å². The molecule has 2 aromatic carbocycles. The topological polar surface area (TPSA) is 84.7 Å². The first kappa shape index (κ1) is 20.7. The summed E-state index contributed by atoms with van der Waals surface area (Å²) in [6, 6.07) is 16.6. The Balaban J connectivity index is 0.00000261. The maximum Gasteiger partial charge on any atom is 0.227 e. The minimum Gasteiger partial charge on any atom is -0.497 e. The monoisotopic (exact) mass is 389 g/mol. The standard InChI is InChI=1S/C20H23N3O3.ClH/c1-26-17-9-7-16(8-10-17)23-13-15(11-19(23)24)20(25)22-12-18(21)14-5-3-2-4-6-14;/h2-10,15,18H,11-13,21H2,1H3,(H,22,25);1H. The van der Waals surface area contributed by atoms with Gasteiger partial charge >= 0.3 is 0 Å². The predicted octanol–water partition coefficient (Wildman–Crippen LogP) is 2.29. The fourth-order valence-electron chi connectivity index (χ4n) is 3.07. The minimum absolute atomic E-state index is 0. The van der Waals surface area contributed by atoms with Gasteiger partial charge in [-0.2, -0.15) is 0 Å². The third kappa shape index (κ3) is 4.99. The van der Waals surface area contributed by atoms with Crippen molar-refractivity contribution in [1.29, 1.82) is 0 Å². The summed E-state index contributed by atoms with van der Waals surface area (Å²) in [7, 11) is 1.59. The Morgan fingerprint density at radius 3 is 2.52 bits per heavy atom. The lowest BCUT2D eigenvalue weighted by molar-refractivity contribution is -0.126. The van der Waals surface area contributed by atoms with Crippen LogP contribution in [0.25, 0.3) is 0 Å². The van der Waals surface area contributed by atoms with Gasteiger partial charge in [0.2, 0.25) is 11.8 Å². The minimum atomic E-state index is -0.368. The van der Waals surface area contributed by atoms with Crippen LogP contribution in [0.15, 0.2) is 54.6 Å². The first-order valence-corrected chi connectivity index (χ1v) is 8.61. The van der Waals surface area contributed by atoms with Crippen molar-refractivity contribution >= 4 is 29.9 Å². The van der Waals surface area contributed by atoms with E-state index in [9.17, 15) is 9.59 Å². The van der Waals surface area contributed by atoms with Crippen LogP contribution >= 0.6 is 12.4 Å². The second-order valence-corrected chi connectivity index (χ2v) is 6.37. The van der Waals surface area contributed by atoms with Crippen LogP contribution in [0, 0.1) is 5.92 Å². The van der Waals surface area contributed by atoms with E-state index in [1.165, 1.54) is 0 Å². The van der Waals surface area contributed by atoms with Crippen LogP contribution in [-0.2, 0) is 9.59 Å². The molecule has 0 aliphatic carbocycles. The predicted molar refractivity (Wildman–Crippen MR) is 107 cm³/mol. The summed E-state index contributed by atoms with van der Waals surface area (Å²) in [5.74, 6) is 0.167. The summed E-state index contributed by atoms with van der Waals surface area (Å²) in [6.07, 6.45) is 0.207. The van der Waals surface area contributed by atoms with Crippen LogP contribution in [0.2, 0.25) is 0 Å². The lowest BCUT2D eigenvalue weighted by atomic mass is 10.1. The molecule has 1 aliphatic rings. The third-order valence-electron chi connectivity index (χ3n) is 4.60. The molecule has 1 saturated heterocycles. The zero-order valence-electron chi connectivity index (χ0n) is 15.1. The number of benzene rings is 2. The Labute approximate surface area is 165 Å². The smallest absolute Gasteiger partial charge is 0.227 e. The number of halogens is 1. The highest BCUT2D eigenvalue weighted by Gasteiger charge is 2.35. The molecular weight excluding hydrogens is 366 g/mol. The lowest BCUT2D eigenvalue weighted by Crippen LogP contribution is -2.37. The molecule has 6 nitrogen and oxygen atoms in total. The highest BCUT2D eigenvalue weighted by Crippen LogP contribution is 2.27. The Morgan fingerprint density at radius 2 is 1.89 bits per heavy atom. The molecule has 0 spiro atoms. The quantitative estimate of drug-likeness (QED) is 0.793. The number of methoxy groups -OCH3 is 1. The van der Waals surface area contributed by atoms with Gasteiger partial charge in [-0.3, -0.25) is 9.59 Å². The van der Waals surface area contributed by atoms with E-state index in [1.807, 2.05) is 42.5 Å². The third-order valence-corrected chi connectivity index (χ3v) is 4.60. The van der Waals surface area contributed by atoms with Gasteiger partial charge in [0.1, 0.15) is 5.75 Å². The van der Waals surface area contributed by atoms with Gasteiger partial charge in [-0.25, -0.2) is 0 Å². The van der Waals surface area contributed by atoms with Gasteiger partial charge in [0.25, 0.3) is 0 Å². The number of nitrogens with two attached hydrogens (primary N) is 1. The van der Waals surface area contributed by atoms with Crippen molar-refractivity contribution in [1.82, 2.24) is 5.32 Å². The molecule has 1 aliphatic heterocycles. The number of amides is 2. The van der Waals surface area contributed by atoms with Gasteiger partial charge in [0.15, 0.2) is 0 Å². The van der Waals surface area contributed by atoms with E-state index in [0.717, 1.165) is 17.0 Å². The van der Waals surface area contributed by atoms with E-state index in [0.29, 0.717) is 13.1 Å². The van der Waals surface area contributed by atoms with Crippen LogP contribution in [0.3, 0.4) is 0 Å². The van der Waals surface area contributed by atoms with Crippen LogP contribution < -0.4 is 20.7 Å². The van der Waals surface area contributed by atoms with Gasteiger partial charge in [-0.15, -0.1) is 12.4 Å². The Morgan fingerprint density at radius 1 is 1.22 bits per heavy atom. The molecule has 7 heteroatoms. The van der Waals surface area contributed by atoms with Crippen molar-refractivity contribution in [2.45, 2.75) is 12.5 Å². The van der Waals surface area contributed by atoms with E-state index < -0.39 is 0 Å². The van der Waals surface area contributed by atoms with E-state index in [4.69, 9.17) is 10.5 Å². The van der Waals surface area contributed by atoms with Gasteiger partial charge in [-0.05, 0) is 29.8 Å². The van der Waals surface area contributed by atoms with Crippen molar-refractivity contribution in [2.75, 3.05) is 25.1 Å². The molecular formula is C20H24ClN3O3. The molecule has 27 heavy (non-hydrogen) atoms. The molecule has 0 aromatic heterocycles. The molecule has 144 valence electrons. The molecule has 1 heterocycles. The molecule has 0 radical (unpaired) electrons. The Hall–Kier alpha value is -2.57. The second kappa shape index (κ2) is 9.39. The molecule has 2 aromatic rings. The second-order valence-electron chi connectivity index (χ2n) is 6.37. The SMILES string of the molecule is COc1ccc(N2CC(C(=O)NCC(N)c3ccccc3)CC2=O)cc1.Cl. The zero-order valence-corrected chi connectivity index (χ0v) is 15.9. The normalized spacial score (nSPS) is 17.2. The highest BCUT2D eigenvalue weighted by molar-refractivity contribution is 6.00. The number of anilines is 1. The summed E-state index contributed by atoms with van der Waals surface area (Å²) < 4.78 is 5.13. The van der Waals surface area contributed by atoms with E-state index in [1.54, 1.807) is 24.1 Å². The largest absolute Gasteiger partial charge is 0.497 e. The first-order chi connectivity index (χ1) is 12.6. The van der Waals surface area contributed by atoms with Gasteiger partial charge in [-0.1, -0.05) is 30.3 Å². The molecule has 2 unspecified atom stereocenters. The van der Waals surface area contributed by atoms with Crippen LogP contribution in [0.1, 0.15) is 18.0 Å². The number of hydrogen-bond donors (Lipinski definition) is 2. The maximum absolute atomic E-state index is 12.4. The summed E-state index contributed by atoms with van der Waals surface area (Å²) >= 11 is 0. The number of nitrogens with one attached hydrogen (secondary N) is 1. The average Bonchev–Trinajstić information content (AvgIpc) is 3.08. The number of hydrogen-bond acceptors (Lipinski definition) is 4. The maximum atomic E-state index is 12.4. The molecule has 0 saturated carbocycles. The summed E-state index contributed by atoms with van der Waals surface area (Å²) in [5.41, 5.74) is 7.85. The summed E-state index contributed by atoms with van der Waals surface area (Å²) in [6.45, 7) is 0.716. The van der Waals surface area contributed by atoms with Crippen molar-refractivity contribution in [3.05, 3.63) is 60.2 Å². The zero-order chi connectivity index (χ0) is 18.5. The fourth-order valence-corrected chi connectivity index (χ4v) is 3.07. The van der Waals surface area contributed by atoms with Crippen LogP contribution in [0.5, 0.6) is 5.75 Å². The molecule has 3 rings (SSSR count). The summed E-state index contributed by atoms with van der Waals surface area (Å²) in [5, 5.41) is 2.87. The highest BCUT2D eigenvalue weighted by atomic mass is 35.5. The average molecular weight is 390 g/mol. The Bertz CT molecular complexity index is 768. The number of carbonyl (C=O) groups excluding carboxylic acids is 2. The molecule has 1 fully saturated rings. The van der Waals surface area contributed by atoms with Crippen molar-refractivity contribution in [3.8, 4) is 5.75 Å². The van der Waals surface area contributed by atoms with Gasteiger partial charge in [0.05, 0.1) is 13.0 Å². The van der Waals surface area contributed by atoms with Gasteiger partial charge in [0, 0.05) is 31.2 Å². The molecule has 2 amide bonds. The fraction of sp³-hybridized carbons (Fsp3) is 0.300. The van der Waals surface area contributed by atoms with Crippen LogP contribution in [0.4, 0.5) is 5.69 Å². The van der Waals surface area contributed by atoms with Crippen molar-refractivity contribution < 1.29 is 14.3 Å². The van der Waals surface area contributed by atoms with Crippen molar-refractivity contribution in [2.24, 2.45) is 11.7 Å². The molecule has 2 atom stereocenters. The number of nitrogens with zero attached hydrogens (tertiary/aromatic N) is 1. The van der Waals surface area contributed by atoms with Crippen LogP contribution in [-0.4, -0.2) is 32.0 Å². The van der Waals surface area contributed by atoms with E-state index >= 15 is 0 Å². The number of carbonyl (C=O) groups is 2. The van der Waals surface area contributed by atoms with E-state index in [-0.39, 0.29) is 42.6 Å².